The predicted octanol–water partition coefficient (Wildman–Crippen LogP) is 13.3. The molecular weight excluding hydrogens is 719 g/mol. The molecule has 0 aliphatic rings. The van der Waals surface area contributed by atoms with E-state index in [1.54, 1.807) is 6.08 Å². The molecule has 328 valence electrons. The zero-order valence-electron chi connectivity index (χ0n) is 36.4. The van der Waals surface area contributed by atoms with Crippen LogP contribution in [-0.2, 0) is 18.4 Å². The molecule has 0 radical (unpaired) electrons. The van der Waals surface area contributed by atoms with Crippen LogP contribution in [-0.4, -0.2) is 47.8 Å². The number of nitrogens with two attached hydrogens (primary N) is 1. The number of phosphoric acid groups is 1. The van der Waals surface area contributed by atoms with Gasteiger partial charge in [-0.2, -0.15) is 0 Å². The highest BCUT2D eigenvalue weighted by Gasteiger charge is 2.26. The summed E-state index contributed by atoms with van der Waals surface area (Å²) in [5.74, 6) is -0.204. The molecule has 56 heavy (non-hydrogen) atoms. The smallest absolute Gasteiger partial charge is 0.387 e. The number of aliphatic hydroxyl groups is 1. The van der Waals surface area contributed by atoms with Crippen molar-refractivity contribution in [2.75, 3.05) is 19.8 Å². The second kappa shape index (κ2) is 43.0. The van der Waals surface area contributed by atoms with Gasteiger partial charge in [0.2, 0.25) is 5.91 Å². The van der Waals surface area contributed by atoms with E-state index < -0.39 is 20.0 Å². The molecule has 0 aliphatic carbocycles. The lowest BCUT2D eigenvalue weighted by molar-refractivity contribution is -0.123. The zero-order chi connectivity index (χ0) is 41.1. The summed E-state index contributed by atoms with van der Waals surface area (Å²) in [6, 6.07) is -0.867. The molecule has 9 heteroatoms. The molecule has 0 aromatic carbocycles. The topological polar surface area (TPSA) is 131 Å². The van der Waals surface area contributed by atoms with E-state index in [9.17, 15) is 19.4 Å². The number of unbranched alkanes of at least 4 members (excludes halogenated alkanes) is 25. The van der Waals surface area contributed by atoms with Crippen molar-refractivity contribution in [1.29, 1.82) is 0 Å². The van der Waals surface area contributed by atoms with Gasteiger partial charge in [-0.25, -0.2) is 4.57 Å². The molecule has 0 saturated heterocycles. The molecule has 3 unspecified atom stereocenters. The normalized spacial score (nSPS) is 14.4. The molecule has 0 saturated carbocycles. The van der Waals surface area contributed by atoms with E-state index in [1.165, 1.54) is 122 Å². The molecule has 0 heterocycles. The summed E-state index contributed by atoms with van der Waals surface area (Å²) < 4.78 is 22.2. The lowest BCUT2D eigenvalue weighted by Gasteiger charge is -2.23. The highest BCUT2D eigenvalue weighted by atomic mass is 31.2. The third-order valence-corrected chi connectivity index (χ3v) is 11.1. The minimum absolute atomic E-state index is 0.0754. The van der Waals surface area contributed by atoms with Crippen molar-refractivity contribution in [2.45, 2.75) is 225 Å². The molecule has 0 fully saturated rings. The quantitative estimate of drug-likeness (QED) is 0.0274. The van der Waals surface area contributed by atoms with Gasteiger partial charge in [-0.15, -0.1) is 0 Å². The Hall–Kier alpha value is -1.54. The Morgan fingerprint density at radius 1 is 0.607 bits per heavy atom. The highest BCUT2D eigenvalue weighted by Crippen LogP contribution is 2.43. The van der Waals surface area contributed by atoms with E-state index in [-0.39, 0.29) is 25.7 Å². The Morgan fingerprint density at radius 3 is 1.52 bits per heavy atom. The standard InChI is InChI=1S/C47H89N2O6P/c1-3-5-7-9-11-13-15-17-19-21-22-23-25-26-28-30-32-34-36-38-40-46(50)45(44-55-56(52,53)54-43-42-48)49-47(51)41-39-37-35-33-31-29-27-24-20-18-16-14-12-10-8-6-4-2/h6,8,12,14,18,20,38,40,45-46,50H,3-5,7,9-11,13,15-17,19,21-37,39,41-44,48H2,1-2H3,(H,49,51)(H,52,53)/b8-6-,14-12-,20-18-,40-38+. The van der Waals surface area contributed by atoms with Gasteiger partial charge >= 0.3 is 7.82 Å². The maximum Gasteiger partial charge on any atom is 0.472 e. The Morgan fingerprint density at radius 2 is 1.04 bits per heavy atom. The van der Waals surface area contributed by atoms with E-state index in [0.29, 0.717) is 6.42 Å². The number of hydrogen-bond donors (Lipinski definition) is 4. The first-order valence-corrected chi connectivity index (χ1v) is 24.8. The molecule has 5 N–H and O–H groups in total. The Kier molecular flexibility index (Phi) is 41.9. The number of rotatable bonds is 43. The molecular formula is C47H89N2O6P. The summed E-state index contributed by atoms with van der Waals surface area (Å²) in [6.45, 7) is 4.03. The van der Waals surface area contributed by atoms with Crippen LogP contribution < -0.4 is 11.1 Å². The van der Waals surface area contributed by atoms with Crippen molar-refractivity contribution in [3.63, 3.8) is 0 Å². The van der Waals surface area contributed by atoms with Gasteiger partial charge in [0.25, 0.3) is 0 Å². The van der Waals surface area contributed by atoms with E-state index >= 15 is 0 Å². The molecule has 0 rings (SSSR count). The van der Waals surface area contributed by atoms with Gasteiger partial charge in [0, 0.05) is 13.0 Å². The highest BCUT2D eigenvalue weighted by molar-refractivity contribution is 7.47. The second-order valence-electron chi connectivity index (χ2n) is 15.6. The van der Waals surface area contributed by atoms with Crippen LogP contribution in [0.1, 0.15) is 213 Å². The van der Waals surface area contributed by atoms with Crippen LogP contribution in [0.15, 0.2) is 48.6 Å². The van der Waals surface area contributed by atoms with Crippen molar-refractivity contribution in [3.8, 4) is 0 Å². The molecule has 0 aliphatic heterocycles. The molecule has 0 aromatic rings. The van der Waals surface area contributed by atoms with E-state index in [1.807, 2.05) is 6.08 Å². The Bertz CT molecular complexity index is 1020. The van der Waals surface area contributed by atoms with Gasteiger partial charge in [0.05, 0.1) is 25.4 Å². The Labute approximate surface area is 345 Å². The molecule has 0 bridgehead atoms. The second-order valence-corrected chi connectivity index (χ2v) is 17.0. The van der Waals surface area contributed by atoms with Crippen molar-refractivity contribution in [1.82, 2.24) is 5.32 Å². The van der Waals surface area contributed by atoms with Crippen molar-refractivity contribution >= 4 is 13.7 Å². The Balaban J connectivity index is 4.18. The largest absolute Gasteiger partial charge is 0.472 e. The van der Waals surface area contributed by atoms with Crippen LogP contribution >= 0.6 is 7.82 Å². The summed E-state index contributed by atoms with van der Waals surface area (Å²) in [7, 11) is -4.34. The number of amides is 1. The number of phosphoric ester groups is 1. The van der Waals surface area contributed by atoms with Gasteiger partial charge < -0.3 is 21.1 Å². The minimum atomic E-state index is -4.34. The monoisotopic (exact) mass is 809 g/mol. The number of allylic oxidation sites excluding steroid dienone is 7. The first kappa shape index (κ1) is 54.5. The summed E-state index contributed by atoms with van der Waals surface area (Å²) in [4.78, 5) is 22.7. The maximum atomic E-state index is 12.8. The first-order valence-electron chi connectivity index (χ1n) is 23.3. The van der Waals surface area contributed by atoms with Gasteiger partial charge in [-0.05, 0) is 51.4 Å². The van der Waals surface area contributed by atoms with Gasteiger partial charge in [-0.1, -0.05) is 204 Å². The summed E-state index contributed by atoms with van der Waals surface area (Å²) in [6.07, 6.45) is 53.0. The first-order chi connectivity index (χ1) is 27.4. The minimum Gasteiger partial charge on any atom is -0.387 e. The van der Waals surface area contributed by atoms with E-state index in [4.69, 9.17) is 14.8 Å². The number of aliphatic hydroxyl groups excluding tert-OH is 1. The van der Waals surface area contributed by atoms with Crippen LogP contribution in [0.25, 0.3) is 0 Å². The molecule has 8 nitrogen and oxygen atoms in total. The fourth-order valence-electron chi connectivity index (χ4n) is 6.68. The van der Waals surface area contributed by atoms with Crippen LogP contribution in [0, 0.1) is 0 Å². The van der Waals surface area contributed by atoms with Crippen LogP contribution in [0.4, 0.5) is 0 Å². The maximum absolute atomic E-state index is 12.8. The fourth-order valence-corrected chi connectivity index (χ4v) is 7.44. The van der Waals surface area contributed by atoms with E-state index in [2.05, 4.69) is 55.6 Å². The molecule has 3 atom stereocenters. The van der Waals surface area contributed by atoms with Gasteiger partial charge in [-0.3, -0.25) is 13.8 Å². The molecule has 0 spiro atoms. The third-order valence-electron chi connectivity index (χ3n) is 10.2. The number of carbonyl (C=O) groups excluding carboxylic acids is 1. The van der Waals surface area contributed by atoms with Crippen LogP contribution in [0.2, 0.25) is 0 Å². The average molecular weight is 809 g/mol. The fraction of sp³-hybridized carbons (Fsp3) is 0.809. The van der Waals surface area contributed by atoms with Crippen molar-refractivity contribution in [3.05, 3.63) is 48.6 Å². The average Bonchev–Trinajstić information content (AvgIpc) is 3.19. The lowest BCUT2D eigenvalue weighted by Crippen LogP contribution is -2.45. The summed E-state index contributed by atoms with van der Waals surface area (Å²) in [5.41, 5.74) is 5.38. The number of nitrogens with one attached hydrogen (secondary N) is 1. The SMILES string of the molecule is CC/C=C\C/C=C\C/C=C\CCCCCCCCCC(=O)NC(COP(=O)(O)OCCN)C(O)/C=C/CCCCCCCCCCCCCCCCCCCC. The van der Waals surface area contributed by atoms with Crippen LogP contribution in [0.5, 0.6) is 0 Å². The van der Waals surface area contributed by atoms with Crippen molar-refractivity contribution < 1.29 is 28.4 Å². The molecule has 1 amide bonds. The summed E-state index contributed by atoms with van der Waals surface area (Å²) in [5, 5.41) is 13.7. The van der Waals surface area contributed by atoms with Crippen molar-refractivity contribution in [2.24, 2.45) is 5.73 Å². The zero-order valence-corrected chi connectivity index (χ0v) is 37.3. The third kappa shape index (κ3) is 40.6. The van der Waals surface area contributed by atoms with Gasteiger partial charge in [0.1, 0.15) is 0 Å². The predicted molar refractivity (Wildman–Crippen MR) is 240 cm³/mol. The molecule has 0 aromatic heterocycles. The van der Waals surface area contributed by atoms with Gasteiger partial charge in [0.15, 0.2) is 0 Å². The lowest BCUT2D eigenvalue weighted by atomic mass is 10.0. The van der Waals surface area contributed by atoms with Crippen LogP contribution in [0.3, 0.4) is 0 Å². The number of hydrogen-bond acceptors (Lipinski definition) is 6. The van der Waals surface area contributed by atoms with E-state index in [0.717, 1.165) is 70.6 Å². The summed E-state index contributed by atoms with van der Waals surface area (Å²) >= 11 is 0. The number of carbonyl (C=O) groups is 1.